The third-order valence-corrected chi connectivity index (χ3v) is 4.29. The molecule has 0 bridgehead atoms. The number of imidazole rings is 1. The van der Waals surface area contributed by atoms with Gasteiger partial charge in [-0.05, 0) is 12.3 Å². The second-order valence-corrected chi connectivity index (χ2v) is 6.70. The van der Waals surface area contributed by atoms with E-state index >= 15 is 0 Å². The van der Waals surface area contributed by atoms with Gasteiger partial charge in [0, 0.05) is 31.9 Å². The third kappa shape index (κ3) is 3.55. The number of hydrogen-bond acceptors (Lipinski definition) is 4. The number of carbonyl (C=O) groups excluding carboxylic acids is 2. The summed E-state index contributed by atoms with van der Waals surface area (Å²) in [4.78, 5) is 34.5. The first-order valence-corrected chi connectivity index (χ1v) is 8.36. The Morgan fingerprint density at radius 2 is 2.25 bits per heavy atom. The number of hydrogen-bond donors (Lipinski definition) is 1. The highest BCUT2D eigenvalue weighted by Gasteiger charge is 2.30. The molecule has 0 saturated carbocycles. The molecule has 0 aromatic carbocycles. The molecule has 24 heavy (non-hydrogen) atoms. The average Bonchev–Trinajstić information content (AvgIpc) is 2.97. The van der Waals surface area contributed by atoms with Gasteiger partial charge in [-0.25, -0.2) is 4.98 Å². The zero-order valence-electron chi connectivity index (χ0n) is 14.1. The van der Waals surface area contributed by atoms with Gasteiger partial charge in [0.1, 0.15) is 0 Å². The summed E-state index contributed by atoms with van der Waals surface area (Å²) in [6.07, 6.45) is 8.01. The monoisotopic (exact) mass is 329 g/mol. The van der Waals surface area contributed by atoms with E-state index in [2.05, 4.69) is 29.1 Å². The van der Waals surface area contributed by atoms with Gasteiger partial charge in [0.25, 0.3) is 0 Å². The molecule has 2 amide bonds. The second kappa shape index (κ2) is 6.98. The molecule has 3 rings (SSSR count). The summed E-state index contributed by atoms with van der Waals surface area (Å²) in [7, 11) is 0. The molecule has 2 aromatic rings. The van der Waals surface area contributed by atoms with Crippen LogP contribution >= 0.6 is 0 Å². The molecule has 0 unspecified atom stereocenters. The lowest BCUT2D eigenvalue weighted by Crippen LogP contribution is -2.46. The smallest absolute Gasteiger partial charge is 0.225 e. The van der Waals surface area contributed by atoms with E-state index in [1.165, 1.54) is 0 Å². The summed E-state index contributed by atoms with van der Waals surface area (Å²) >= 11 is 0. The van der Waals surface area contributed by atoms with Crippen LogP contribution in [0.3, 0.4) is 0 Å². The van der Waals surface area contributed by atoms with Crippen molar-refractivity contribution in [1.82, 2.24) is 24.6 Å². The zero-order valence-corrected chi connectivity index (χ0v) is 14.1. The molecule has 1 aliphatic rings. The first-order chi connectivity index (χ1) is 11.5. The van der Waals surface area contributed by atoms with Crippen molar-refractivity contribution in [3.05, 3.63) is 30.5 Å². The summed E-state index contributed by atoms with van der Waals surface area (Å²) in [6.45, 7) is 5.80. The molecule has 2 aromatic heterocycles. The van der Waals surface area contributed by atoms with Crippen molar-refractivity contribution in [2.24, 2.45) is 11.8 Å². The normalized spacial score (nSPS) is 18.4. The number of carbonyl (C=O) groups is 2. The molecule has 1 saturated heterocycles. The second-order valence-electron chi connectivity index (χ2n) is 6.70. The van der Waals surface area contributed by atoms with Crippen LogP contribution < -0.4 is 5.32 Å². The number of fused-ring (bicyclic) bond motifs is 1. The summed E-state index contributed by atoms with van der Waals surface area (Å²) in [5, 5.41) is 2.98. The average molecular weight is 329 g/mol. The van der Waals surface area contributed by atoms with Crippen LogP contribution in [0.5, 0.6) is 0 Å². The quantitative estimate of drug-likeness (QED) is 0.895. The van der Waals surface area contributed by atoms with Gasteiger partial charge in [0.05, 0.1) is 30.6 Å². The van der Waals surface area contributed by atoms with E-state index in [9.17, 15) is 9.59 Å². The number of likely N-dealkylation sites (tertiary alicyclic amines) is 1. The lowest BCUT2D eigenvalue weighted by Gasteiger charge is -2.33. The maximum atomic E-state index is 12.5. The predicted molar refractivity (Wildman–Crippen MR) is 89.0 cm³/mol. The highest BCUT2D eigenvalue weighted by atomic mass is 16.2. The summed E-state index contributed by atoms with van der Waals surface area (Å²) in [6, 6.07) is 0. The molecule has 7 heteroatoms. The van der Waals surface area contributed by atoms with E-state index in [1.807, 2.05) is 15.5 Å². The molecule has 3 heterocycles. The highest BCUT2D eigenvalue weighted by molar-refractivity contribution is 5.83. The van der Waals surface area contributed by atoms with E-state index in [-0.39, 0.29) is 17.7 Å². The Balaban J connectivity index is 1.59. The Morgan fingerprint density at radius 1 is 1.42 bits per heavy atom. The van der Waals surface area contributed by atoms with E-state index in [1.54, 1.807) is 18.6 Å². The largest absolute Gasteiger partial charge is 0.350 e. The first kappa shape index (κ1) is 16.4. The van der Waals surface area contributed by atoms with Gasteiger partial charge in [0.2, 0.25) is 11.8 Å². The minimum absolute atomic E-state index is 0.000243. The number of nitrogens with one attached hydrogen (secondary N) is 1. The van der Waals surface area contributed by atoms with Gasteiger partial charge < -0.3 is 10.2 Å². The molecule has 1 aliphatic heterocycles. The Labute approximate surface area is 141 Å². The minimum atomic E-state index is -0.137. The fraction of sp³-hybridized carbons (Fsp3) is 0.529. The fourth-order valence-electron chi connectivity index (χ4n) is 3.09. The Hall–Kier alpha value is -2.44. The standard InChI is InChI=1S/C17H23N5O2/c1-12(2)10-21-11-13(3-4-16(21)23)17(24)20-8-14-7-19-15-9-18-5-6-22(14)15/h5-7,9,12-13H,3-4,8,10-11H2,1-2H3,(H,20,24)/t13-/m1/s1. The molecule has 128 valence electrons. The van der Waals surface area contributed by atoms with Gasteiger partial charge in [-0.3, -0.25) is 19.0 Å². The molecular weight excluding hydrogens is 306 g/mol. The molecule has 1 N–H and O–H groups in total. The van der Waals surface area contributed by atoms with Crippen molar-refractivity contribution < 1.29 is 9.59 Å². The van der Waals surface area contributed by atoms with Crippen molar-refractivity contribution in [3.63, 3.8) is 0 Å². The van der Waals surface area contributed by atoms with Crippen LogP contribution in [0.25, 0.3) is 5.65 Å². The highest BCUT2D eigenvalue weighted by Crippen LogP contribution is 2.19. The maximum absolute atomic E-state index is 12.5. The summed E-state index contributed by atoms with van der Waals surface area (Å²) in [5.41, 5.74) is 1.67. The van der Waals surface area contributed by atoms with Crippen molar-refractivity contribution in [3.8, 4) is 0 Å². The van der Waals surface area contributed by atoms with Crippen LogP contribution in [-0.2, 0) is 16.1 Å². The van der Waals surface area contributed by atoms with Gasteiger partial charge in [-0.2, -0.15) is 0 Å². The molecule has 0 spiro atoms. The molecule has 7 nitrogen and oxygen atoms in total. The number of piperidine rings is 1. The van der Waals surface area contributed by atoms with Crippen molar-refractivity contribution in [2.45, 2.75) is 33.2 Å². The van der Waals surface area contributed by atoms with Crippen LogP contribution in [0, 0.1) is 11.8 Å². The lowest BCUT2D eigenvalue weighted by atomic mass is 9.96. The predicted octanol–water partition coefficient (Wildman–Crippen LogP) is 1.24. The number of nitrogens with zero attached hydrogens (tertiary/aromatic N) is 4. The Bertz CT molecular complexity index is 739. The Kier molecular flexibility index (Phi) is 4.78. The molecule has 1 atom stereocenters. The van der Waals surface area contributed by atoms with Gasteiger partial charge >= 0.3 is 0 Å². The van der Waals surface area contributed by atoms with Crippen LogP contribution in [0.2, 0.25) is 0 Å². The molecule has 1 fully saturated rings. The minimum Gasteiger partial charge on any atom is -0.350 e. The van der Waals surface area contributed by atoms with E-state index < -0.39 is 0 Å². The van der Waals surface area contributed by atoms with Crippen LogP contribution in [0.1, 0.15) is 32.4 Å². The van der Waals surface area contributed by atoms with Crippen molar-refractivity contribution >= 4 is 17.5 Å². The van der Waals surface area contributed by atoms with Gasteiger partial charge in [0.15, 0.2) is 5.65 Å². The zero-order chi connectivity index (χ0) is 17.1. The number of rotatable bonds is 5. The fourth-order valence-corrected chi connectivity index (χ4v) is 3.09. The first-order valence-electron chi connectivity index (χ1n) is 8.36. The number of amides is 2. The summed E-state index contributed by atoms with van der Waals surface area (Å²) < 4.78 is 1.91. The SMILES string of the molecule is CC(C)CN1C[C@H](C(=O)NCc2cnc3cnccn23)CCC1=O. The Morgan fingerprint density at radius 3 is 3.04 bits per heavy atom. The van der Waals surface area contributed by atoms with Gasteiger partial charge in [-0.15, -0.1) is 0 Å². The maximum Gasteiger partial charge on any atom is 0.225 e. The molecule has 0 radical (unpaired) electrons. The summed E-state index contributed by atoms with van der Waals surface area (Å²) in [5.74, 6) is 0.423. The third-order valence-electron chi connectivity index (χ3n) is 4.29. The van der Waals surface area contributed by atoms with E-state index in [0.29, 0.717) is 38.4 Å². The van der Waals surface area contributed by atoms with Gasteiger partial charge in [-0.1, -0.05) is 13.8 Å². The topological polar surface area (TPSA) is 79.6 Å². The molecule has 0 aliphatic carbocycles. The van der Waals surface area contributed by atoms with Crippen molar-refractivity contribution in [2.75, 3.05) is 13.1 Å². The lowest BCUT2D eigenvalue weighted by molar-refractivity contribution is -0.138. The van der Waals surface area contributed by atoms with E-state index in [4.69, 9.17) is 0 Å². The van der Waals surface area contributed by atoms with Crippen molar-refractivity contribution in [1.29, 1.82) is 0 Å². The van der Waals surface area contributed by atoms with E-state index in [0.717, 1.165) is 11.3 Å². The van der Waals surface area contributed by atoms with Crippen LogP contribution in [0.15, 0.2) is 24.8 Å². The van der Waals surface area contributed by atoms with Crippen LogP contribution in [0.4, 0.5) is 0 Å². The molecular formula is C17H23N5O2. The van der Waals surface area contributed by atoms with Crippen LogP contribution in [-0.4, -0.2) is 44.2 Å². The number of aromatic nitrogens is 3.